The third-order valence-corrected chi connectivity index (χ3v) is 3.70. The third kappa shape index (κ3) is 3.00. The molecule has 1 unspecified atom stereocenters. The van der Waals surface area contributed by atoms with Crippen molar-refractivity contribution in [3.05, 3.63) is 16.6 Å². The van der Waals surface area contributed by atoms with E-state index in [-0.39, 0.29) is 0 Å². The van der Waals surface area contributed by atoms with Crippen LogP contribution in [0.15, 0.2) is 10.9 Å². The largest absolute Gasteiger partial charge is 0.306 e. The minimum absolute atomic E-state index is 0.393. The Hall–Kier alpha value is -0.450. The van der Waals surface area contributed by atoms with Crippen molar-refractivity contribution < 1.29 is 0 Å². The van der Waals surface area contributed by atoms with Crippen molar-refractivity contribution in [1.29, 1.82) is 0 Å². The van der Waals surface area contributed by atoms with E-state index in [1.807, 2.05) is 5.51 Å². The van der Waals surface area contributed by atoms with Crippen molar-refractivity contribution in [3.63, 3.8) is 0 Å². The predicted molar refractivity (Wildman–Crippen MR) is 64.2 cm³/mol. The van der Waals surface area contributed by atoms with Crippen molar-refractivity contribution in [2.45, 2.75) is 31.8 Å². The summed E-state index contributed by atoms with van der Waals surface area (Å²) in [6, 6.07) is 1.06. The van der Waals surface area contributed by atoms with Gasteiger partial charge in [-0.15, -0.1) is 11.3 Å². The van der Waals surface area contributed by atoms with Crippen LogP contribution in [-0.4, -0.2) is 36.1 Å². The highest BCUT2D eigenvalue weighted by Crippen LogP contribution is 2.16. The monoisotopic (exact) mass is 225 g/mol. The Morgan fingerprint density at radius 3 is 2.87 bits per heavy atom. The lowest BCUT2D eigenvalue weighted by molar-refractivity contribution is 0.226. The highest BCUT2D eigenvalue weighted by atomic mass is 32.1. The number of nitrogens with one attached hydrogen (secondary N) is 1. The molecule has 2 heterocycles. The van der Waals surface area contributed by atoms with Gasteiger partial charge >= 0.3 is 0 Å². The second-order valence-corrected chi connectivity index (χ2v) is 5.10. The molecule has 0 spiro atoms. The minimum atomic E-state index is 0.393. The zero-order chi connectivity index (χ0) is 10.7. The summed E-state index contributed by atoms with van der Waals surface area (Å²) < 4.78 is 0. The Labute approximate surface area is 95.5 Å². The summed E-state index contributed by atoms with van der Waals surface area (Å²) >= 11 is 1.67. The standard InChI is InChI=1S/C11H19N3S/c1-9(11-7-15-8-12-11)13-10-3-5-14(2)6-4-10/h7-10,13H,3-6H2,1-2H3. The number of nitrogens with zero attached hydrogens (tertiary/aromatic N) is 2. The zero-order valence-corrected chi connectivity index (χ0v) is 10.3. The molecule has 0 bridgehead atoms. The van der Waals surface area contributed by atoms with Gasteiger partial charge in [0.1, 0.15) is 0 Å². The molecule has 0 amide bonds. The number of thiazole rings is 1. The normalized spacial score (nSPS) is 21.7. The molecule has 1 fully saturated rings. The van der Waals surface area contributed by atoms with Crippen molar-refractivity contribution in [1.82, 2.24) is 15.2 Å². The maximum atomic E-state index is 4.34. The first kappa shape index (κ1) is 11.0. The molecule has 0 saturated carbocycles. The van der Waals surface area contributed by atoms with Crippen molar-refractivity contribution >= 4 is 11.3 Å². The smallest absolute Gasteiger partial charge is 0.0795 e. The van der Waals surface area contributed by atoms with Crippen LogP contribution in [0, 0.1) is 0 Å². The number of hydrogen-bond donors (Lipinski definition) is 1. The fourth-order valence-corrected chi connectivity index (χ4v) is 2.70. The van der Waals surface area contributed by atoms with Gasteiger partial charge in [-0.2, -0.15) is 0 Å². The van der Waals surface area contributed by atoms with Crippen molar-refractivity contribution in [2.75, 3.05) is 20.1 Å². The number of piperidine rings is 1. The van der Waals surface area contributed by atoms with E-state index in [2.05, 4.69) is 34.6 Å². The molecule has 1 saturated heterocycles. The maximum absolute atomic E-state index is 4.34. The molecule has 84 valence electrons. The van der Waals surface area contributed by atoms with Gasteiger partial charge in [0.15, 0.2) is 0 Å². The lowest BCUT2D eigenvalue weighted by atomic mass is 10.0. The molecule has 1 atom stereocenters. The van der Waals surface area contributed by atoms with E-state index in [0.717, 1.165) is 0 Å². The van der Waals surface area contributed by atoms with E-state index in [1.54, 1.807) is 11.3 Å². The average Bonchev–Trinajstić information content (AvgIpc) is 2.74. The van der Waals surface area contributed by atoms with E-state index in [9.17, 15) is 0 Å². The third-order valence-electron chi connectivity index (χ3n) is 3.10. The maximum Gasteiger partial charge on any atom is 0.0795 e. The Balaban J connectivity index is 1.82. The van der Waals surface area contributed by atoms with E-state index in [1.165, 1.54) is 31.6 Å². The summed E-state index contributed by atoms with van der Waals surface area (Å²) in [5.74, 6) is 0. The summed E-state index contributed by atoms with van der Waals surface area (Å²) in [6.07, 6.45) is 2.51. The van der Waals surface area contributed by atoms with E-state index >= 15 is 0 Å². The van der Waals surface area contributed by atoms with Gasteiger partial charge in [-0.05, 0) is 39.9 Å². The van der Waals surface area contributed by atoms with Gasteiger partial charge in [-0.1, -0.05) is 0 Å². The summed E-state index contributed by atoms with van der Waals surface area (Å²) in [4.78, 5) is 6.74. The number of hydrogen-bond acceptors (Lipinski definition) is 4. The van der Waals surface area contributed by atoms with Gasteiger partial charge in [0.25, 0.3) is 0 Å². The Bertz CT molecular complexity index is 278. The highest BCUT2D eigenvalue weighted by molar-refractivity contribution is 7.07. The van der Waals surface area contributed by atoms with Crippen LogP contribution in [0.25, 0.3) is 0 Å². The summed E-state index contributed by atoms with van der Waals surface area (Å²) in [6.45, 7) is 4.62. The quantitative estimate of drug-likeness (QED) is 0.851. The molecule has 1 aromatic heterocycles. The molecule has 4 heteroatoms. The molecule has 15 heavy (non-hydrogen) atoms. The average molecular weight is 225 g/mol. The Morgan fingerprint density at radius 1 is 1.53 bits per heavy atom. The Morgan fingerprint density at radius 2 is 2.27 bits per heavy atom. The second kappa shape index (κ2) is 5.05. The molecule has 0 aliphatic carbocycles. The van der Waals surface area contributed by atoms with Crippen molar-refractivity contribution in [2.24, 2.45) is 0 Å². The molecule has 0 aromatic carbocycles. The molecule has 2 rings (SSSR count). The van der Waals surface area contributed by atoms with Gasteiger partial charge in [0.2, 0.25) is 0 Å². The topological polar surface area (TPSA) is 28.2 Å². The minimum Gasteiger partial charge on any atom is -0.306 e. The van der Waals surface area contributed by atoms with E-state index < -0.39 is 0 Å². The van der Waals surface area contributed by atoms with E-state index in [0.29, 0.717) is 12.1 Å². The summed E-state index contributed by atoms with van der Waals surface area (Å²) in [5, 5.41) is 5.79. The molecule has 1 aliphatic heterocycles. The van der Waals surface area contributed by atoms with Crippen LogP contribution < -0.4 is 5.32 Å². The van der Waals surface area contributed by atoms with Crippen LogP contribution >= 0.6 is 11.3 Å². The van der Waals surface area contributed by atoms with Gasteiger partial charge in [-0.25, -0.2) is 4.98 Å². The summed E-state index contributed by atoms with van der Waals surface area (Å²) in [5.41, 5.74) is 3.08. The molecule has 0 radical (unpaired) electrons. The van der Waals surface area contributed by atoms with Gasteiger partial charge in [0, 0.05) is 17.5 Å². The van der Waals surface area contributed by atoms with Crippen LogP contribution in [0.5, 0.6) is 0 Å². The van der Waals surface area contributed by atoms with Gasteiger partial charge in [0.05, 0.1) is 11.2 Å². The number of rotatable bonds is 3. The number of likely N-dealkylation sites (tertiary alicyclic amines) is 1. The lowest BCUT2D eigenvalue weighted by Gasteiger charge is -2.31. The molecular formula is C11H19N3S. The van der Waals surface area contributed by atoms with Gasteiger partial charge in [-0.3, -0.25) is 0 Å². The fourth-order valence-electron chi connectivity index (χ4n) is 2.05. The molecule has 1 aliphatic rings. The SMILES string of the molecule is CC(NC1CCN(C)CC1)c1cscn1. The first-order valence-corrected chi connectivity index (χ1v) is 6.52. The molecular weight excluding hydrogens is 206 g/mol. The van der Waals surface area contributed by atoms with E-state index in [4.69, 9.17) is 0 Å². The zero-order valence-electron chi connectivity index (χ0n) is 9.44. The van der Waals surface area contributed by atoms with Crippen LogP contribution in [0.4, 0.5) is 0 Å². The summed E-state index contributed by atoms with van der Waals surface area (Å²) in [7, 11) is 2.19. The first-order valence-electron chi connectivity index (χ1n) is 5.58. The molecule has 3 nitrogen and oxygen atoms in total. The highest BCUT2D eigenvalue weighted by Gasteiger charge is 2.19. The van der Waals surface area contributed by atoms with Gasteiger partial charge < -0.3 is 10.2 Å². The van der Waals surface area contributed by atoms with Crippen LogP contribution in [0.2, 0.25) is 0 Å². The molecule has 1 aromatic rings. The predicted octanol–water partition coefficient (Wildman–Crippen LogP) is 1.89. The number of aromatic nitrogens is 1. The Kier molecular flexibility index (Phi) is 3.72. The fraction of sp³-hybridized carbons (Fsp3) is 0.727. The van der Waals surface area contributed by atoms with Crippen molar-refractivity contribution in [3.8, 4) is 0 Å². The second-order valence-electron chi connectivity index (χ2n) is 4.38. The lowest BCUT2D eigenvalue weighted by Crippen LogP contribution is -2.41. The van der Waals surface area contributed by atoms with Crippen LogP contribution in [0.3, 0.4) is 0 Å². The van der Waals surface area contributed by atoms with Crippen LogP contribution in [-0.2, 0) is 0 Å². The van der Waals surface area contributed by atoms with Crippen LogP contribution in [0.1, 0.15) is 31.5 Å². The first-order chi connectivity index (χ1) is 7.25. The molecule has 1 N–H and O–H groups in total.